The van der Waals surface area contributed by atoms with E-state index >= 15 is 0 Å². The van der Waals surface area contributed by atoms with Gasteiger partial charge < -0.3 is 16.6 Å². The molecule has 0 aliphatic carbocycles. The fourth-order valence-electron chi connectivity index (χ4n) is 1.28. The summed E-state index contributed by atoms with van der Waals surface area (Å²) < 4.78 is 0. The van der Waals surface area contributed by atoms with Gasteiger partial charge >= 0.3 is 0 Å². The van der Waals surface area contributed by atoms with Crippen molar-refractivity contribution in [2.24, 2.45) is 11.5 Å². The van der Waals surface area contributed by atoms with Crippen LogP contribution in [0.25, 0.3) is 0 Å². The molecule has 14 heavy (non-hydrogen) atoms. The third kappa shape index (κ3) is 2.38. The largest absolute Gasteiger partial charge is 0.508 e. The second-order valence-electron chi connectivity index (χ2n) is 3.30. The van der Waals surface area contributed by atoms with Crippen LogP contribution >= 0.6 is 11.6 Å². The van der Waals surface area contributed by atoms with Crippen LogP contribution in [0.4, 0.5) is 0 Å². The maximum atomic E-state index is 9.56. The summed E-state index contributed by atoms with van der Waals surface area (Å²) in [4.78, 5) is 0. The zero-order valence-electron chi connectivity index (χ0n) is 8.07. The van der Waals surface area contributed by atoms with E-state index in [-0.39, 0.29) is 17.8 Å². The van der Waals surface area contributed by atoms with Crippen LogP contribution in [0.1, 0.15) is 24.9 Å². The van der Waals surface area contributed by atoms with E-state index in [1.54, 1.807) is 12.1 Å². The molecule has 0 heterocycles. The fourth-order valence-corrected chi connectivity index (χ4v) is 1.46. The van der Waals surface area contributed by atoms with E-state index in [4.69, 9.17) is 23.1 Å². The molecule has 5 N–H and O–H groups in total. The third-order valence-corrected chi connectivity index (χ3v) is 2.52. The Kier molecular flexibility index (Phi) is 3.75. The van der Waals surface area contributed by atoms with Crippen LogP contribution < -0.4 is 11.5 Å². The van der Waals surface area contributed by atoms with E-state index in [9.17, 15) is 5.11 Å². The summed E-state index contributed by atoms with van der Waals surface area (Å²) in [7, 11) is 0. The molecule has 0 aliphatic rings. The molecule has 0 aromatic heterocycles. The van der Waals surface area contributed by atoms with Gasteiger partial charge in [0.05, 0.1) is 0 Å². The minimum atomic E-state index is -0.376. The lowest BCUT2D eigenvalue weighted by Crippen LogP contribution is -2.33. The molecule has 0 fully saturated rings. The van der Waals surface area contributed by atoms with Gasteiger partial charge in [0.1, 0.15) is 5.75 Å². The molecular formula is C10H15ClN2O. The molecule has 0 bridgehead atoms. The number of benzene rings is 1. The molecular weight excluding hydrogens is 200 g/mol. The Bertz CT molecular complexity index is 317. The van der Waals surface area contributed by atoms with Crippen molar-refractivity contribution in [3.63, 3.8) is 0 Å². The predicted octanol–water partition coefficient (Wildman–Crippen LogP) is 1.78. The number of phenols is 1. The van der Waals surface area contributed by atoms with Crippen LogP contribution in [-0.4, -0.2) is 11.1 Å². The van der Waals surface area contributed by atoms with Gasteiger partial charge in [-0.15, -0.1) is 0 Å². The van der Waals surface area contributed by atoms with Crippen LogP contribution in [-0.2, 0) is 0 Å². The Morgan fingerprint density at radius 1 is 1.43 bits per heavy atom. The summed E-state index contributed by atoms with van der Waals surface area (Å²) in [5.41, 5.74) is 12.3. The lowest BCUT2D eigenvalue weighted by atomic mass is 9.98. The van der Waals surface area contributed by atoms with Crippen LogP contribution in [0.3, 0.4) is 0 Å². The highest BCUT2D eigenvalue weighted by atomic mass is 35.5. The molecule has 0 amide bonds. The smallest absolute Gasteiger partial charge is 0.120 e. The molecule has 78 valence electrons. The second kappa shape index (κ2) is 4.64. The van der Waals surface area contributed by atoms with Gasteiger partial charge in [0.15, 0.2) is 0 Å². The van der Waals surface area contributed by atoms with Crippen molar-refractivity contribution in [1.82, 2.24) is 0 Å². The second-order valence-corrected chi connectivity index (χ2v) is 3.74. The van der Waals surface area contributed by atoms with Gasteiger partial charge in [0.2, 0.25) is 0 Å². The monoisotopic (exact) mass is 214 g/mol. The summed E-state index contributed by atoms with van der Waals surface area (Å²) in [5, 5.41) is 10.1. The maximum Gasteiger partial charge on any atom is 0.120 e. The van der Waals surface area contributed by atoms with E-state index in [1.165, 1.54) is 6.07 Å². The van der Waals surface area contributed by atoms with Crippen LogP contribution in [0.15, 0.2) is 18.2 Å². The predicted molar refractivity (Wildman–Crippen MR) is 58.3 cm³/mol. The zero-order chi connectivity index (χ0) is 10.7. The number of aromatic hydroxyl groups is 1. The number of rotatable bonds is 3. The maximum absolute atomic E-state index is 9.56. The number of hydrogen-bond acceptors (Lipinski definition) is 3. The molecule has 1 aromatic rings. The van der Waals surface area contributed by atoms with Crippen molar-refractivity contribution < 1.29 is 5.11 Å². The Balaban J connectivity index is 2.99. The lowest BCUT2D eigenvalue weighted by molar-refractivity contribution is 0.446. The van der Waals surface area contributed by atoms with Crippen LogP contribution in [0.5, 0.6) is 5.75 Å². The van der Waals surface area contributed by atoms with Crippen LogP contribution in [0.2, 0.25) is 5.02 Å². The summed E-state index contributed by atoms with van der Waals surface area (Å²) in [5.74, 6) is 0.144. The van der Waals surface area contributed by atoms with Gasteiger partial charge in [-0.05, 0) is 24.6 Å². The van der Waals surface area contributed by atoms with Crippen molar-refractivity contribution in [1.29, 1.82) is 0 Å². The van der Waals surface area contributed by atoms with E-state index in [0.717, 1.165) is 6.42 Å². The first-order chi connectivity index (χ1) is 6.56. The molecule has 0 saturated carbocycles. The quantitative estimate of drug-likeness (QED) is 0.718. The van der Waals surface area contributed by atoms with E-state index < -0.39 is 0 Å². The summed E-state index contributed by atoms with van der Waals surface area (Å²) in [6.07, 6.45) is 0.757. The highest BCUT2D eigenvalue weighted by Crippen LogP contribution is 2.27. The summed E-state index contributed by atoms with van der Waals surface area (Å²) in [6, 6.07) is 4.25. The summed E-state index contributed by atoms with van der Waals surface area (Å²) in [6.45, 7) is 1.95. The first kappa shape index (κ1) is 11.3. The minimum Gasteiger partial charge on any atom is -0.508 e. The molecule has 0 spiro atoms. The lowest BCUT2D eigenvalue weighted by Gasteiger charge is -2.19. The molecule has 0 saturated heterocycles. The number of halogens is 1. The van der Waals surface area contributed by atoms with Gasteiger partial charge in [-0.3, -0.25) is 0 Å². The number of phenolic OH excluding ortho intramolecular Hbond substituents is 1. The van der Waals surface area contributed by atoms with Crippen LogP contribution in [0, 0.1) is 0 Å². The molecule has 0 radical (unpaired) electrons. The molecule has 0 aliphatic heterocycles. The first-order valence-corrected chi connectivity index (χ1v) is 4.93. The fraction of sp³-hybridized carbons (Fsp3) is 0.400. The molecule has 4 heteroatoms. The van der Waals surface area contributed by atoms with Gasteiger partial charge in [-0.2, -0.15) is 0 Å². The zero-order valence-corrected chi connectivity index (χ0v) is 8.83. The van der Waals surface area contributed by atoms with Gasteiger partial charge in [0.25, 0.3) is 0 Å². The third-order valence-electron chi connectivity index (χ3n) is 2.28. The topological polar surface area (TPSA) is 72.3 Å². The van der Waals surface area contributed by atoms with Crippen molar-refractivity contribution in [3.8, 4) is 5.75 Å². The highest BCUT2D eigenvalue weighted by molar-refractivity contribution is 6.30. The van der Waals surface area contributed by atoms with E-state index in [0.29, 0.717) is 10.6 Å². The van der Waals surface area contributed by atoms with E-state index in [2.05, 4.69) is 0 Å². The standard InChI is InChI=1S/C10H15ClN2O/c1-2-8(12)10(13)7-5-6(11)3-4-9(7)14/h3-5,8,10,14H,2,12-13H2,1H3/t8-,10-/m0/s1. The average molecular weight is 215 g/mol. The molecule has 3 nitrogen and oxygen atoms in total. The van der Waals surface area contributed by atoms with Crippen molar-refractivity contribution >= 4 is 11.6 Å². The molecule has 2 atom stereocenters. The molecule has 1 aromatic carbocycles. The van der Waals surface area contributed by atoms with Gasteiger partial charge in [-0.25, -0.2) is 0 Å². The van der Waals surface area contributed by atoms with E-state index in [1.807, 2.05) is 6.92 Å². The average Bonchev–Trinajstić information content (AvgIpc) is 2.19. The SMILES string of the molecule is CC[C@H](N)[C@@H](N)c1cc(Cl)ccc1O. The van der Waals surface area contributed by atoms with Gasteiger partial charge in [-0.1, -0.05) is 18.5 Å². The minimum absolute atomic E-state index is 0.144. The normalized spacial score (nSPS) is 15.1. The highest BCUT2D eigenvalue weighted by Gasteiger charge is 2.17. The Hall–Kier alpha value is -0.770. The molecule has 1 rings (SSSR count). The van der Waals surface area contributed by atoms with Crippen molar-refractivity contribution in [3.05, 3.63) is 28.8 Å². The Labute approximate surface area is 88.7 Å². The molecule has 0 unspecified atom stereocenters. The number of nitrogens with two attached hydrogens (primary N) is 2. The van der Waals surface area contributed by atoms with Gasteiger partial charge in [0, 0.05) is 22.7 Å². The van der Waals surface area contributed by atoms with Crippen molar-refractivity contribution in [2.45, 2.75) is 25.4 Å². The Morgan fingerprint density at radius 2 is 2.07 bits per heavy atom. The Morgan fingerprint density at radius 3 is 2.64 bits per heavy atom. The number of hydrogen-bond donors (Lipinski definition) is 3. The van der Waals surface area contributed by atoms with Crippen molar-refractivity contribution in [2.75, 3.05) is 0 Å². The summed E-state index contributed by atoms with van der Waals surface area (Å²) >= 11 is 5.80. The first-order valence-electron chi connectivity index (χ1n) is 4.55.